The fourth-order valence-corrected chi connectivity index (χ4v) is 2.02. The molecule has 0 aromatic heterocycles. The SMILES string of the molecule is CC(C)(C)C(=O)Nc1cc(Br)ccc1NCC1CC1. The van der Waals surface area contributed by atoms with Crippen LogP contribution in [0.3, 0.4) is 0 Å². The Morgan fingerprint density at radius 1 is 1.32 bits per heavy atom. The number of anilines is 2. The lowest BCUT2D eigenvalue weighted by Gasteiger charge is -2.20. The van der Waals surface area contributed by atoms with Crippen molar-refractivity contribution in [2.75, 3.05) is 17.2 Å². The Morgan fingerprint density at radius 2 is 2.00 bits per heavy atom. The number of hydrogen-bond donors (Lipinski definition) is 2. The van der Waals surface area contributed by atoms with E-state index in [1.54, 1.807) is 0 Å². The van der Waals surface area contributed by atoms with Crippen molar-refractivity contribution in [1.29, 1.82) is 0 Å². The number of benzene rings is 1. The number of carbonyl (C=O) groups excluding carboxylic acids is 1. The fourth-order valence-electron chi connectivity index (χ4n) is 1.66. The number of amides is 1. The van der Waals surface area contributed by atoms with Crippen molar-refractivity contribution < 1.29 is 4.79 Å². The van der Waals surface area contributed by atoms with Crippen LogP contribution in [-0.4, -0.2) is 12.5 Å². The molecule has 0 radical (unpaired) electrons. The van der Waals surface area contributed by atoms with Gasteiger partial charge in [-0.25, -0.2) is 0 Å². The highest BCUT2D eigenvalue weighted by Crippen LogP contribution is 2.32. The smallest absolute Gasteiger partial charge is 0.229 e. The second-order valence-electron chi connectivity index (χ2n) is 6.22. The molecule has 1 fully saturated rings. The molecule has 0 bridgehead atoms. The van der Waals surface area contributed by atoms with Crippen LogP contribution in [0.5, 0.6) is 0 Å². The van der Waals surface area contributed by atoms with E-state index in [0.717, 1.165) is 28.3 Å². The van der Waals surface area contributed by atoms with Gasteiger partial charge in [0.05, 0.1) is 11.4 Å². The second-order valence-corrected chi connectivity index (χ2v) is 7.13. The zero-order valence-electron chi connectivity index (χ0n) is 11.7. The van der Waals surface area contributed by atoms with Crippen LogP contribution in [0.2, 0.25) is 0 Å². The highest BCUT2D eigenvalue weighted by Gasteiger charge is 2.23. The summed E-state index contributed by atoms with van der Waals surface area (Å²) >= 11 is 3.45. The third kappa shape index (κ3) is 4.23. The highest BCUT2D eigenvalue weighted by atomic mass is 79.9. The van der Waals surface area contributed by atoms with Crippen molar-refractivity contribution in [1.82, 2.24) is 0 Å². The minimum absolute atomic E-state index is 0.0278. The molecule has 2 rings (SSSR count). The van der Waals surface area contributed by atoms with Crippen molar-refractivity contribution in [3.8, 4) is 0 Å². The maximum absolute atomic E-state index is 12.1. The summed E-state index contributed by atoms with van der Waals surface area (Å²) in [5.41, 5.74) is 1.44. The normalized spacial score (nSPS) is 15.2. The van der Waals surface area contributed by atoms with E-state index < -0.39 is 5.41 Å². The molecule has 0 heterocycles. The predicted octanol–water partition coefficient (Wildman–Crippen LogP) is 4.26. The molecular formula is C15H21BrN2O. The van der Waals surface area contributed by atoms with Gasteiger partial charge in [0, 0.05) is 16.4 Å². The molecule has 3 nitrogen and oxygen atoms in total. The molecule has 1 aromatic rings. The van der Waals surface area contributed by atoms with Gasteiger partial charge in [-0.05, 0) is 37.0 Å². The summed E-state index contributed by atoms with van der Waals surface area (Å²) in [4.78, 5) is 12.1. The summed E-state index contributed by atoms with van der Waals surface area (Å²) in [5, 5.41) is 6.43. The lowest BCUT2D eigenvalue weighted by molar-refractivity contribution is -0.123. The molecule has 0 atom stereocenters. The first kappa shape index (κ1) is 14.4. The Balaban J connectivity index is 2.11. The average Bonchev–Trinajstić information content (AvgIpc) is 3.10. The standard InChI is InChI=1S/C15H21BrN2O/c1-15(2,3)14(19)18-13-8-11(16)6-7-12(13)17-9-10-4-5-10/h6-8,10,17H,4-5,9H2,1-3H3,(H,18,19). The Hall–Kier alpha value is -1.03. The minimum atomic E-state index is -0.393. The second kappa shape index (κ2) is 5.53. The summed E-state index contributed by atoms with van der Waals surface area (Å²) in [6.45, 7) is 6.73. The zero-order valence-corrected chi connectivity index (χ0v) is 13.3. The van der Waals surface area contributed by atoms with Gasteiger partial charge in [-0.1, -0.05) is 36.7 Å². The van der Waals surface area contributed by atoms with Crippen LogP contribution < -0.4 is 10.6 Å². The third-order valence-corrected chi connectivity index (χ3v) is 3.68. The van der Waals surface area contributed by atoms with Gasteiger partial charge in [-0.15, -0.1) is 0 Å². The number of carbonyl (C=O) groups is 1. The monoisotopic (exact) mass is 324 g/mol. The largest absolute Gasteiger partial charge is 0.383 e. The molecule has 1 aromatic carbocycles. The van der Waals surface area contributed by atoms with Crippen LogP contribution in [-0.2, 0) is 4.79 Å². The van der Waals surface area contributed by atoms with E-state index in [0.29, 0.717) is 0 Å². The van der Waals surface area contributed by atoms with E-state index in [9.17, 15) is 4.79 Å². The van der Waals surface area contributed by atoms with Gasteiger partial charge in [0.1, 0.15) is 0 Å². The summed E-state index contributed by atoms with van der Waals surface area (Å²) in [5.74, 6) is 0.829. The van der Waals surface area contributed by atoms with E-state index in [-0.39, 0.29) is 5.91 Å². The van der Waals surface area contributed by atoms with E-state index >= 15 is 0 Å². The van der Waals surface area contributed by atoms with Gasteiger partial charge in [0.25, 0.3) is 0 Å². The Bertz CT molecular complexity index is 476. The Kier molecular flexibility index (Phi) is 4.19. The van der Waals surface area contributed by atoms with E-state index in [1.807, 2.05) is 39.0 Å². The average molecular weight is 325 g/mol. The highest BCUT2D eigenvalue weighted by molar-refractivity contribution is 9.10. The molecule has 4 heteroatoms. The first-order valence-electron chi connectivity index (χ1n) is 6.71. The molecule has 0 spiro atoms. The predicted molar refractivity (Wildman–Crippen MR) is 83.4 cm³/mol. The van der Waals surface area contributed by atoms with Crippen LogP contribution in [0, 0.1) is 11.3 Å². The zero-order chi connectivity index (χ0) is 14.0. The van der Waals surface area contributed by atoms with Crippen molar-refractivity contribution in [3.05, 3.63) is 22.7 Å². The summed E-state index contributed by atoms with van der Waals surface area (Å²) < 4.78 is 0.966. The van der Waals surface area contributed by atoms with Crippen LogP contribution in [0.15, 0.2) is 22.7 Å². The topological polar surface area (TPSA) is 41.1 Å². The van der Waals surface area contributed by atoms with E-state index in [4.69, 9.17) is 0 Å². The number of halogens is 1. The van der Waals surface area contributed by atoms with Gasteiger partial charge in [-0.3, -0.25) is 4.79 Å². The van der Waals surface area contributed by atoms with Crippen LogP contribution in [0.4, 0.5) is 11.4 Å². The molecule has 0 unspecified atom stereocenters. The molecule has 1 saturated carbocycles. The van der Waals surface area contributed by atoms with Gasteiger partial charge in [0.2, 0.25) is 5.91 Å². The molecule has 104 valence electrons. The molecule has 1 aliphatic rings. The Labute approximate surface area is 123 Å². The van der Waals surface area contributed by atoms with Gasteiger partial charge in [0.15, 0.2) is 0 Å². The van der Waals surface area contributed by atoms with Gasteiger partial charge < -0.3 is 10.6 Å². The van der Waals surface area contributed by atoms with Gasteiger partial charge in [-0.2, -0.15) is 0 Å². The molecule has 19 heavy (non-hydrogen) atoms. The van der Waals surface area contributed by atoms with E-state index in [2.05, 4.69) is 26.6 Å². The maximum Gasteiger partial charge on any atom is 0.229 e. The minimum Gasteiger partial charge on any atom is -0.383 e. The molecule has 0 saturated heterocycles. The van der Waals surface area contributed by atoms with Crippen molar-refractivity contribution >= 4 is 33.2 Å². The van der Waals surface area contributed by atoms with Crippen molar-refractivity contribution in [2.24, 2.45) is 11.3 Å². The molecule has 1 aliphatic carbocycles. The fraction of sp³-hybridized carbons (Fsp3) is 0.533. The first-order valence-corrected chi connectivity index (χ1v) is 7.50. The lowest BCUT2D eigenvalue weighted by atomic mass is 9.95. The van der Waals surface area contributed by atoms with Crippen molar-refractivity contribution in [2.45, 2.75) is 33.6 Å². The molecule has 0 aliphatic heterocycles. The summed E-state index contributed by atoms with van der Waals surface area (Å²) in [6.07, 6.45) is 2.63. The van der Waals surface area contributed by atoms with Crippen LogP contribution in [0.1, 0.15) is 33.6 Å². The quantitative estimate of drug-likeness (QED) is 0.869. The molecule has 1 amide bonds. The third-order valence-electron chi connectivity index (χ3n) is 3.19. The number of rotatable bonds is 4. The van der Waals surface area contributed by atoms with E-state index in [1.165, 1.54) is 12.8 Å². The summed E-state index contributed by atoms with van der Waals surface area (Å²) in [7, 11) is 0. The van der Waals surface area contributed by atoms with Crippen LogP contribution in [0.25, 0.3) is 0 Å². The first-order chi connectivity index (χ1) is 8.86. The molecule has 2 N–H and O–H groups in total. The van der Waals surface area contributed by atoms with Gasteiger partial charge >= 0.3 is 0 Å². The lowest BCUT2D eigenvalue weighted by Crippen LogP contribution is -2.28. The molecular weight excluding hydrogens is 304 g/mol. The maximum atomic E-state index is 12.1. The number of nitrogens with one attached hydrogen (secondary N) is 2. The Morgan fingerprint density at radius 3 is 2.58 bits per heavy atom. The van der Waals surface area contributed by atoms with Crippen LogP contribution >= 0.6 is 15.9 Å². The number of hydrogen-bond acceptors (Lipinski definition) is 2. The summed E-state index contributed by atoms with van der Waals surface area (Å²) in [6, 6.07) is 5.94. The van der Waals surface area contributed by atoms with Crippen molar-refractivity contribution in [3.63, 3.8) is 0 Å².